The SMILES string of the molecule is O=C1CC2=CC=COC2C2=C1C1=COC=CC1=CC=C2. The molecule has 3 nitrogen and oxygen atoms in total. The molecule has 0 spiro atoms. The number of ether oxygens (including phenoxy) is 2. The molecule has 1 atom stereocenters. The minimum Gasteiger partial charge on any atom is -0.489 e. The van der Waals surface area contributed by atoms with E-state index >= 15 is 0 Å². The van der Waals surface area contributed by atoms with Crippen molar-refractivity contribution in [3.63, 3.8) is 0 Å². The summed E-state index contributed by atoms with van der Waals surface area (Å²) in [4.78, 5) is 12.5. The van der Waals surface area contributed by atoms with Crippen LogP contribution in [0.25, 0.3) is 0 Å². The topological polar surface area (TPSA) is 35.5 Å². The lowest BCUT2D eigenvalue weighted by Gasteiger charge is -2.30. The molecule has 4 aliphatic rings. The predicted molar refractivity (Wildman–Crippen MR) is 74.3 cm³/mol. The second-order valence-electron chi connectivity index (χ2n) is 4.97. The third-order valence-corrected chi connectivity index (χ3v) is 3.80. The highest BCUT2D eigenvalue weighted by molar-refractivity contribution is 6.05. The number of ketones is 1. The van der Waals surface area contributed by atoms with Gasteiger partial charge in [-0.25, -0.2) is 0 Å². The molecular formula is C17H12O3. The van der Waals surface area contributed by atoms with Gasteiger partial charge in [-0.15, -0.1) is 0 Å². The first kappa shape index (κ1) is 11.3. The van der Waals surface area contributed by atoms with Crippen molar-refractivity contribution in [2.24, 2.45) is 0 Å². The largest absolute Gasteiger partial charge is 0.489 e. The van der Waals surface area contributed by atoms with Crippen LogP contribution in [0.2, 0.25) is 0 Å². The summed E-state index contributed by atoms with van der Waals surface area (Å²) in [6, 6.07) is 0. The first-order chi connectivity index (χ1) is 9.84. The van der Waals surface area contributed by atoms with Crippen molar-refractivity contribution in [2.75, 3.05) is 0 Å². The van der Waals surface area contributed by atoms with Crippen LogP contribution in [-0.4, -0.2) is 11.9 Å². The molecular weight excluding hydrogens is 252 g/mol. The minimum atomic E-state index is -0.163. The Balaban J connectivity index is 1.91. The van der Waals surface area contributed by atoms with E-state index in [2.05, 4.69) is 0 Å². The van der Waals surface area contributed by atoms with Gasteiger partial charge in [0.2, 0.25) is 0 Å². The van der Waals surface area contributed by atoms with Crippen molar-refractivity contribution >= 4 is 5.78 Å². The molecule has 0 saturated carbocycles. The monoisotopic (exact) mass is 264 g/mol. The number of rotatable bonds is 0. The maximum Gasteiger partial charge on any atom is 0.168 e. The van der Waals surface area contributed by atoms with Crippen LogP contribution in [0, 0.1) is 0 Å². The zero-order chi connectivity index (χ0) is 13.5. The van der Waals surface area contributed by atoms with Crippen LogP contribution in [0.15, 0.2) is 83.1 Å². The lowest BCUT2D eigenvalue weighted by molar-refractivity contribution is -0.115. The fraction of sp³-hybridized carbons (Fsp3) is 0.118. The van der Waals surface area contributed by atoms with Crippen LogP contribution in [0.1, 0.15) is 6.42 Å². The highest BCUT2D eigenvalue weighted by Gasteiger charge is 2.35. The quantitative estimate of drug-likeness (QED) is 0.674. The summed E-state index contributed by atoms with van der Waals surface area (Å²) in [7, 11) is 0. The van der Waals surface area contributed by atoms with Gasteiger partial charge in [0, 0.05) is 23.1 Å². The lowest BCUT2D eigenvalue weighted by Crippen LogP contribution is -2.28. The molecule has 2 aliphatic carbocycles. The summed E-state index contributed by atoms with van der Waals surface area (Å²) in [6.07, 6.45) is 16.7. The molecule has 0 aromatic carbocycles. The summed E-state index contributed by atoms with van der Waals surface area (Å²) in [5.74, 6) is 0.115. The average molecular weight is 264 g/mol. The number of hydrogen-bond acceptors (Lipinski definition) is 3. The molecule has 0 aromatic heterocycles. The normalized spacial score (nSPS) is 26.3. The van der Waals surface area contributed by atoms with E-state index in [1.165, 1.54) is 0 Å². The standard InChI is InChI=1S/C17H12O3/c18-15-9-12-4-2-7-20-17(12)13-5-1-3-11-6-8-19-10-14(11)16(13)15/h1-8,10,17H,9H2. The Hall–Kier alpha value is -2.55. The second-order valence-corrected chi connectivity index (χ2v) is 4.97. The molecule has 0 bridgehead atoms. The van der Waals surface area contributed by atoms with E-state index in [0.29, 0.717) is 12.0 Å². The molecule has 0 amide bonds. The molecule has 3 heteroatoms. The van der Waals surface area contributed by atoms with Gasteiger partial charge in [0.1, 0.15) is 6.10 Å². The third-order valence-electron chi connectivity index (χ3n) is 3.80. The first-order valence-electron chi connectivity index (χ1n) is 6.54. The molecule has 0 radical (unpaired) electrons. The number of fused-ring (bicyclic) bond motifs is 4. The van der Waals surface area contributed by atoms with Crippen molar-refractivity contribution in [1.29, 1.82) is 0 Å². The van der Waals surface area contributed by atoms with Gasteiger partial charge >= 0.3 is 0 Å². The van der Waals surface area contributed by atoms with Gasteiger partial charge < -0.3 is 9.47 Å². The van der Waals surface area contributed by atoms with Crippen molar-refractivity contribution < 1.29 is 14.3 Å². The minimum absolute atomic E-state index is 0.115. The van der Waals surface area contributed by atoms with Gasteiger partial charge in [-0.1, -0.05) is 24.3 Å². The number of carbonyl (C=O) groups is 1. The van der Waals surface area contributed by atoms with Crippen LogP contribution in [0.3, 0.4) is 0 Å². The third kappa shape index (κ3) is 1.56. The number of allylic oxidation sites excluding steroid dienone is 8. The molecule has 0 aromatic rings. The Bertz CT molecular complexity index is 709. The van der Waals surface area contributed by atoms with E-state index in [1.807, 2.05) is 36.5 Å². The second kappa shape index (κ2) is 4.23. The zero-order valence-corrected chi connectivity index (χ0v) is 10.7. The Morgan fingerprint density at radius 2 is 2.05 bits per heavy atom. The van der Waals surface area contributed by atoms with Crippen LogP contribution in [0.5, 0.6) is 0 Å². The van der Waals surface area contributed by atoms with Gasteiger partial charge in [0.05, 0.1) is 18.8 Å². The Labute approximate surface area is 116 Å². The Morgan fingerprint density at radius 3 is 3.00 bits per heavy atom. The molecule has 98 valence electrons. The fourth-order valence-corrected chi connectivity index (χ4v) is 2.91. The van der Waals surface area contributed by atoms with Crippen molar-refractivity contribution in [1.82, 2.24) is 0 Å². The summed E-state index contributed by atoms with van der Waals surface area (Å²) in [5, 5.41) is 0. The van der Waals surface area contributed by atoms with Crippen molar-refractivity contribution in [3.05, 3.63) is 83.1 Å². The average Bonchev–Trinajstić information content (AvgIpc) is 2.67. The molecule has 4 rings (SSSR count). The zero-order valence-electron chi connectivity index (χ0n) is 10.7. The molecule has 0 saturated heterocycles. The number of carbonyl (C=O) groups excluding carboxylic acids is 1. The first-order valence-corrected chi connectivity index (χ1v) is 6.54. The molecule has 2 heterocycles. The summed E-state index contributed by atoms with van der Waals surface area (Å²) >= 11 is 0. The summed E-state index contributed by atoms with van der Waals surface area (Å²) in [5.41, 5.74) is 4.47. The molecule has 0 fully saturated rings. The number of Topliss-reactive ketones (excluding diaryl/α,β-unsaturated/α-hetero) is 1. The molecule has 20 heavy (non-hydrogen) atoms. The van der Waals surface area contributed by atoms with Gasteiger partial charge in [0.15, 0.2) is 5.78 Å². The van der Waals surface area contributed by atoms with Gasteiger partial charge in [-0.2, -0.15) is 0 Å². The van der Waals surface area contributed by atoms with E-state index in [-0.39, 0.29) is 11.9 Å². The maximum absolute atomic E-state index is 12.5. The van der Waals surface area contributed by atoms with Crippen molar-refractivity contribution in [3.8, 4) is 0 Å². The van der Waals surface area contributed by atoms with Crippen LogP contribution >= 0.6 is 0 Å². The van der Waals surface area contributed by atoms with E-state index in [1.54, 1.807) is 18.8 Å². The van der Waals surface area contributed by atoms with E-state index in [4.69, 9.17) is 9.47 Å². The summed E-state index contributed by atoms with van der Waals surface area (Å²) < 4.78 is 11.0. The molecule has 2 aliphatic heterocycles. The van der Waals surface area contributed by atoms with Gasteiger partial charge in [-0.05, 0) is 23.3 Å². The smallest absolute Gasteiger partial charge is 0.168 e. The lowest BCUT2D eigenvalue weighted by atomic mass is 9.80. The number of hydrogen-bond donors (Lipinski definition) is 0. The van der Waals surface area contributed by atoms with Gasteiger partial charge in [-0.3, -0.25) is 4.79 Å². The Kier molecular flexibility index (Phi) is 2.39. The van der Waals surface area contributed by atoms with E-state index in [0.717, 1.165) is 22.3 Å². The van der Waals surface area contributed by atoms with Crippen LogP contribution < -0.4 is 0 Å². The predicted octanol–water partition coefficient (Wildman–Crippen LogP) is 3.02. The van der Waals surface area contributed by atoms with Crippen LogP contribution in [-0.2, 0) is 14.3 Å². The van der Waals surface area contributed by atoms with E-state index < -0.39 is 0 Å². The highest BCUT2D eigenvalue weighted by Crippen LogP contribution is 2.39. The summed E-state index contributed by atoms with van der Waals surface area (Å²) in [6.45, 7) is 0. The van der Waals surface area contributed by atoms with Crippen LogP contribution in [0.4, 0.5) is 0 Å². The Morgan fingerprint density at radius 1 is 1.10 bits per heavy atom. The van der Waals surface area contributed by atoms with Crippen molar-refractivity contribution in [2.45, 2.75) is 12.5 Å². The highest BCUT2D eigenvalue weighted by atomic mass is 16.5. The molecule has 0 N–H and O–H groups in total. The van der Waals surface area contributed by atoms with Gasteiger partial charge in [0.25, 0.3) is 0 Å². The maximum atomic E-state index is 12.5. The van der Waals surface area contributed by atoms with E-state index in [9.17, 15) is 4.79 Å². The molecule has 1 unspecified atom stereocenters. The fourth-order valence-electron chi connectivity index (χ4n) is 2.91.